The summed E-state index contributed by atoms with van der Waals surface area (Å²) in [6, 6.07) is 5.93. The highest BCUT2D eigenvalue weighted by Gasteiger charge is 2.38. The lowest BCUT2D eigenvalue weighted by atomic mass is 9.83. The number of carbonyl (C=O) groups is 1. The lowest BCUT2D eigenvalue weighted by molar-refractivity contribution is 0.0160. The van der Waals surface area contributed by atoms with Crippen LogP contribution in [0.1, 0.15) is 23.3 Å². The van der Waals surface area contributed by atoms with Gasteiger partial charge in [0.15, 0.2) is 5.69 Å². The van der Waals surface area contributed by atoms with Crippen molar-refractivity contribution < 1.29 is 9.53 Å². The molecule has 5 rings (SSSR count). The summed E-state index contributed by atoms with van der Waals surface area (Å²) in [5.74, 6) is 1.38. The van der Waals surface area contributed by atoms with Crippen LogP contribution in [0.15, 0.2) is 18.2 Å². The largest absolute Gasteiger partial charge is 0.497 e. The van der Waals surface area contributed by atoms with E-state index < -0.39 is 0 Å². The first-order chi connectivity index (χ1) is 11.2. The maximum Gasteiger partial charge on any atom is 0.275 e. The fourth-order valence-electron chi connectivity index (χ4n) is 3.98. The van der Waals surface area contributed by atoms with Crippen molar-refractivity contribution >= 4 is 16.8 Å². The average molecular weight is 314 g/mol. The van der Waals surface area contributed by atoms with Gasteiger partial charge in [-0.2, -0.15) is 5.10 Å². The van der Waals surface area contributed by atoms with Gasteiger partial charge in [-0.05, 0) is 44.0 Å². The first-order valence-corrected chi connectivity index (χ1v) is 8.19. The van der Waals surface area contributed by atoms with Gasteiger partial charge in [0.2, 0.25) is 0 Å². The van der Waals surface area contributed by atoms with Crippen LogP contribution in [-0.4, -0.2) is 65.7 Å². The maximum atomic E-state index is 12.9. The van der Waals surface area contributed by atoms with E-state index in [1.807, 2.05) is 30.1 Å². The van der Waals surface area contributed by atoms with Gasteiger partial charge in [0.1, 0.15) is 5.75 Å². The molecule has 23 heavy (non-hydrogen) atoms. The van der Waals surface area contributed by atoms with E-state index >= 15 is 0 Å². The number of piperidine rings is 3. The van der Waals surface area contributed by atoms with Crippen molar-refractivity contribution in [2.24, 2.45) is 5.92 Å². The smallest absolute Gasteiger partial charge is 0.275 e. The molecule has 1 atom stereocenters. The summed E-state index contributed by atoms with van der Waals surface area (Å²) in [6.45, 7) is 3.34. The molecular weight excluding hydrogens is 292 g/mol. The van der Waals surface area contributed by atoms with Crippen molar-refractivity contribution in [3.8, 4) is 5.75 Å². The number of hydrogen-bond donors (Lipinski definition) is 1. The van der Waals surface area contributed by atoms with Gasteiger partial charge >= 0.3 is 0 Å². The molecule has 0 spiro atoms. The number of benzene rings is 1. The molecule has 1 aromatic carbocycles. The van der Waals surface area contributed by atoms with E-state index in [4.69, 9.17) is 4.74 Å². The average Bonchev–Trinajstić information content (AvgIpc) is 3.04. The van der Waals surface area contributed by atoms with Crippen molar-refractivity contribution in [3.63, 3.8) is 0 Å². The number of rotatable bonds is 3. The number of fused-ring (bicyclic) bond motifs is 4. The Morgan fingerprint density at radius 2 is 2.17 bits per heavy atom. The second-order valence-electron chi connectivity index (χ2n) is 6.61. The summed E-state index contributed by atoms with van der Waals surface area (Å²) in [7, 11) is 3.55. The van der Waals surface area contributed by atoms with Crippen LogP contribution in [0.25, 0.3) is 10.9 Å². The third kappa shape index (κ3) is 2.37. The van der Waals surface area contributed by atoms with Gasteiger partial charge in [-0.15, -0.1) is 0 Å². The van der Waals surface area contributed by atoms with Crippen molar-refractivity contribution in [2.45, 2.75) is 18.9 Å². The minimum Gasteiger partial charge on any atom is -0.497 e. The Hall–Kier alpha value is -2.08. The quantitative estimate of drug-likeness (QED) is 0.937. The maximum absolute atomic E-state index is 12.9. The monoisotopic (exact) mass is 314 g/mol. The summed E-state index contributed by atoms with van der Waals surface area (Å²) in [6.07, 6.45) is 2.39. The van der Waals surface area contributed by atoms with Crippen LogP contribution < -0.4 is 4.74 Å². The van der Waals surface area contributed by atoms with Gasteiger partial charge in [0.05, 0.1) is 12.6 Å². The van der Waals surface area contributed by atoms with E-state index in [2.05, 4.69) is 15.1 Å². The van der Waals surface area contributed by atoms with Crippen LogP contribution in [0.5, 0.6) is 5.75 Å². The first-order valence-electron chi connectivity index (χ1n) is 8.19. The topological polar surface area (TPSA) is 61.5 Å². The van der Waals surface area contributed by atoms with Crippen LogP contribution in [0, 0.1) is 5.92 Å². The minimum absolute atomic E-state index is 0.000154. The fourth-order valence-corrected chi connectivity index (χ4v) is 3.98. The van der Waals surface area contributed by atoms with Crippen molar-refractivity contribution in [1.82, 2.24) is 20.0 Å². The van der Waals surface area contributed by atoms with Crippen LogP contribution in [0.3, 0.4) is 0 Å². The van der Waals surface area contributed by atoms with E-state index in [1.54, 1.807) is 7.11 Å². The normalized spacial score (nSPS) is 26.4. The molecule has 1 aromatic heterocycles. The van der Waals surface area contributed by atoms with Gasteiger partial charge in [-0.25, -0.2) is 0 Å². The zero-order valence-corrected chi connectivity index (χ0v) is 13.6. The Balaban J connectivity index is 1.61. The van der Waals surface area contributed by atoms with Crippen molar-refractivity contribution in [3.05, 3.63) is 23.9 Å². The first kappa shape index (κ1) is 14.5. The number of nitrogens with zero attached hydrogens (tertiary/aromatic N) is 3. The molecule has 6 heteroatoms. The Labute approximate surface area is 135 Å². The Bertz CT molecular complexity index is 733. The molecule has 0 radical (unpaired) electrons. The molecule has 3 saturated heterocycles. The third-order valence-electron chi connectivity index (χ3n) is 5.41. The highest BCUT2D eigenvalue weighted by molar-refractivity contribution is 6.04. The van der Waals surface area contributed by atoms with Gasteiger partial charge in [0, 0.05) is 31.1 Å². The molecule has 1 N–H and O–H groups in total. The van der Waals surface area contributed by atoms with Crippen LogP contribution in [0.2, 0.25) is 0 Å². The number of amides is 1. The van der Waals surface area contributed by atoms with Crippen molar-refractivity contribution in [1.29, 1.82) is 0 Å². The molecule has 4 heterocycles. The number of ether oxygens (including phenoxy) is 1. The second-order valence-corrected chi connectivity index (χ2v) is 6.61. The van der Waals surface area contributed by atoms with E-state index in [-0.39, 0.29) is 5.91 Å². The Kier molecular flexibility index (Phi) is 3.49. The number of H-pyrrole nitrogens is 1. The summed E-state index contributed by atoms with van der Waals surface area (Å²) < 4.78 is 5.22. The van der Waals surface area contributed by atoms with Gasteiger partial charge in [0.25, 0.3) is 5.91 Å². The molecule has 3 fully saturated rings. The standard InChI is InChI=1S/C17H22N4O2/c1-20(15-10-21-7-5-11(15)6-8-21)17(22)16-13-4-3-12(23-2)9-14(13)18-19-16/h3-4,9,11,15H,5-8,10H2,1-2H3,(H,18,19)/t15-/m0/s1. The summed E-state index contributed by atoms with van der Waals surface area (Å²) in [4.78, 5) is 17.3. The molecule has 1 amide bonds. The molecule has 0 aliphatic carbocycles. The van der Waals surface area contributed by atoms with E-state index in [9.17, 15) is 4.79 Å². The second kappa shape index (κ2) is 5.53. The van der Waals surface area contributed by atoms with E-state index in [1.165, 1.54) is 25.9 Å². The lowest BCUT2D eigenvalue weighted by Gasteiger charge is -2.47. The number of methoxy groups -OCH3 is 1. The Morgan fingerprint density at radius 3 is 2.83 bits per heavy atom. The minimum atomic E-state index is 0.000154. The number of hydrogen-bond acceptors (Lipinski definition) is 4. The molecule has 0 unspecified atom stereocenters. The predicted octanol–water partition coefficient (Wildman–Crippen LogP) is 1.74. The zero-order valence-electron chi connectivity index (χ0n) is 13.6. The molecular formula is C17H22N4O2. The molecule has 3 aliphatic heterocycles. The predicted molar refractivity (Wildman–Crippen MR) is 87.7 cm³/mol. The van der Waals surface area contributed by atoms with E-state index in [0.717, 1.165) is 23.2 Å². The summed E-state index contributed by atoms with van der Waals surface area (Å²) >= 11 is 0. The molecule has 122 valence electrons. The Morgan fingerprint density at radius 1 is 1.39 bits per heavy atom. The number of likely N-dealkylation sites (N-methyl/N-ethyl adjacent to an activating group) is 1. The zero-order chi connectivity index (χ0) is 16.0. The number of carbonyl (C=O) groups excluding carboxylic acids is 1. The number of nitrogens with one attached hydrogen (secondary N) is 1. The van der Waals surface area contributed by atoms with Crippen molar-refractivity contribution in [2.75, 3.05) is 33.8 Å². The summed E-state index contributed by atoms with van der Waals surface area (Å²) in [5.41, 5.74) is 1.33. The van der Waals surface area contributed by atoms with Crippen LogP contribution >= 0.6 is 0 Å². The molecule has 6 nitrogen and oxygen atoms in total. The third-order valence-corrected chi connectivity index (χ3v) is 5.41. The number of aromatic nitrogens is 2. The molecule has 3 aliphatic rings. The van der Waals surface area contributed by atoms with E-state index in [0.29, 0.717) is 17.7 Å². The van der Waals surface area contributed by atoms with Gasteiger partial charge < -0.3 is 14.5 Å². The van der Waals surface area contributed by atoms with Gasteiger partial charge in [-0.3, -0.25) is 9.89 Å². The molecule has 2 bridgehead atoms. The molecule has 2 aromatic rings. The highest BCUT2D eigenvalue weighted by atomic mass is 16.5. The van der Waals surface area contributed by atoms with Crippen LogP contribution in [0.4, 0.5) is 0 Å². The fraction of sp³-hybridized carbons (Fsp3) is 0.529. The summed E-state index contributed by atoms with van der Waals surface area (Å²) in [5, 5.41) is 8.06. The number of aromatic amines is 1. The highest BCUT2D eigenvalue weighted by Crippen LogP contribution is 2.31. The van der Waals surface area contributed by atoms with Crippen LogP contribution in [-0.2, 0) is 0 Å². The molecule has 0 saturated carbocycles. The lowest BCUT2D eigenvalue weighted by Crippen LogP contribution is -2.57. The van der Waals surface area contributed by atoms with Gasteiger partial charge in [-0.1, -0.05) is 0 Å². The SMILES string of the molecule is COc1ccc2c(C(=O)N(C)[C@H]3CN4CCC3CC4)n[nH]c2c1.